The molecule has 0 bridgehead atoms. The summed E-state index contributed by atoms with van der Waals surface area (Å²) in [4.78, 5) is 16.3. The molecule has 3 rings (SSSR count). The molecule has 0 spiro atoms. The number of hydrogen-bond acceptors (Lipinski definition) is 4. The van der Waals surface area contributed by atoms with Gasteiger partial charge in [-0.25, -0.2) is 0 Å². The van der Waals surface area contributed by atoms with Crippen molar-refractivity contribution in [2.75, 3.05) is 0 Å². The van der Waals surface area contributed by atoms with Crippen molar-refractivity contribution in [2.45, 2.75) is 13.5 Å². The summed E-state index contributed by atoms with van der Waals surface area (Å²) in [6.07, 6.45) is 1.77. The number of fused-ring (bicyclic) bond motifs is 1. The Hall–Kier alpha value is -1.73. The third kappa shape index (κ3) is 1.95. The van der Waals surface area contributed by atoms with Crippen LogP contribution in [0.15, 0.2) is 22.4 Å². The monoisotopic (exact) mass is 292 g/mol. The third-order valence-electron chi connectivity index (χ3n) is 3.27. The average Bonchev–Trinajstić information content (AvgIpc) is 2.95. The molecule has 19 heavy (non-hydrogen) atoms. The van der Waals surface area contributed by atoms with Crippen LogP contribution < -0.4 is 5.56 Å². The molecule has 0 fully saturated rings. The number of hydrogen-bond donors (Lipinski definition) is 1. The quantitative estimate of drug-likeness (QED) is 0.737. The lowest BCUT2D eigenvalue weighted by Crippen LogP contribution is -2.22. The van der Waals surface area contributed by atoms with Gasteiger partial charge in [0.25, 0.3) is 5.56 Å². The van der Waals surface area contributed by atoms with Crippen LogP contribution in [0.2, 0.25) is 0 Å². The Labute approximate surface area is 118 Å². The molecule has 98 valence electrons. The van der Waals surface area contributed by atoms with Crippen LogP contribution in [0.3, 0.4) is 0 Å². The number of nitrogens with one attached hydrogen (secondary N) is 1. The highest BCUT2D eigenvalue weighted by molar-refractivity contribution is 7.71. The van der Waals surface area contributed by atoms with E-state index in [4.69, 9.17) is 12.2 Å². The van der Waals surface area contributed by atoms with E-state index >= 15 is 0 Å². The lowest BCUT2D eigenvalue weighted by atomic mass is 10.2. The van der Waals surface area contributed by atoms with E-state index in [-0.39, 0.29) is 5.56 Å². The van der Waals surface area contributed by atoms with Gasteiger partial charge in [-0.05, 0) is 30.6 Å². The van der Waals surface area contributed by atoms with Crippen LogP contribution in [0.25, 0.3) is 10.2 Å². The first-order chi connectivity index (χ1) is 9.08. The van der Waals surface area contributed by atoms with Gasteiger partial charge in [0.1, 0.15) is 4.83 Å². The van der Waals surface area contributed by atoms with E-state index in [1.165, 1.54) is 11.3 Å². The first-order valence-electron chi connectivity index (χ1n) is 5.75. The minimum absolute atomic E-state index is 0.0525. The van der Waals surface area contributed by atoms with E-state index in [0.717, 1.165) is 16.1 Å². The van der Waals surface area contributed by atoms with Gasteiger partial charge in [0, 0.05) is 18.3 Å². The van der Waals surface area contributed by atoms with Gasteiger partial charge >= 0.3 is 0 Å². The SMILES string of the molecule is Cc1c(Cn2c(=S)[nH]c3sccc3c2=O)cnn1C. The zero-order valence-electron chi connectivity index (χ0n) is 10.5. The Morgan fingerprint density at radius 3 is 3.00 bits per heavy atom. The molecule has 0 aromatic carbocycles. The van der Waals surface area contributed by atoms with Crippen molar-refractivity contribution in [3.8, 4) is 0 Å². The molecule has 3 heterocycles. The van der Waals surface area contributed by atoms with E-state index in [2.05, 4.69) is 10.1 Å². The maximum atomic E-state index is 12.4. The third-order valence-corrected chi connectivity index (χ3v) is 4.42. The predicted octanol–water partition coefficient (Wildman–Crippen LogP) is 2.21. The summed E-state index contributed by atoms with van der Waals surface area (Å²) in [5, 5.41) is 6.75. The number of aromatic amines is 1. The van der Waals surface area contributed by atoms with Crippen molar-refractivity contribution in [1.82, 2.24) is 19.3 Å². The van der Waals surface area contributed by atoms with E-state index in [9.17, 15) is 4.79 Å². The van der Waals surface area contributed by atoms with Crippen LogP contribution in [0.4, 0.5) is 0 Å². The summed E-state index contributed by atoms with van der Waals surface area (Å²) in [5.41, 5.74) is 1.98. The van der Waals surface area contributed by atoms with E-state index in [1.807, 2.05) is 25.4 Å². The molecule has 7 heteroatoms. The Balaban J connectivity index is 2.18. The highest BCUT2D eigenvalue weighted by atomic mass is 32.1. The van der Waals surface area contributed by atoms with Crippen molar-refractivity contribution in [2.24, 2.45) is 7.05 Å². The number of aryl methyl sites for hydroxylation is 1. The van der Waals surface area contributed by atoms with Gasteiger partial charge in [0.05, 0.1) is 18.1 Å². The van der Waals surface area contributed by atoms with Gasteiger partial charge in [-0.2, -0.15) is 5.10 Å². The molecule has 0 saturated carbocycles. The molecule has 0 radical (unpaired) electrons. The first kappa shape index (κ1) is 12.3. The topological polar surface area (TPSA) is 55.6 Å². The summed E-state index contributed by atoms with van der Waals surface area (Å²) in [6, 6.07) is 1.82. The molecule has 0 unspecified atom stereocenters. The average molecular weight is 292 g/mol. The molecule has 1 N–H and O–H groups in total. The van der Waals surface area contributed by atoms with Crippen LogP contribution in [0.1, 0.15) is 11.3 Å². The highest BCUT2D eigenvalue weighted by Gasteiger charge is 2.10. The van der Waals surface area contributed by atoms with Crippen molar-refractivity contribution in [1.29, 1.82) is 0 Å². The van der Waals surface area contributed by atoms with Gasteiger partial charge in [-0.3, -0.25) is 14.0 Å². The van der Waals surface area contributed by atoms with Crippen molar-refractivity contribution in [3.63, 3.8) is 0 Å². The summed E-state index contributed by atoms with van der Waals surface area (Å²) in [7, 11) is 1.88. The van der Waals surface area contributed by atoms with Crippen LogP contribution in [0.5, 0.6) is 0 Å². The van der Waals surface area contributed by atoms with Gasteiger partial charge in [0.2, 0.25) is 0 Å². The van der Waals surface area contributed by atoms with Gasteiger partial charge in [-0.1, -0.05) is 0 Å². The predicted molar refractivity (Wildman–Crippen MR) is 78.3 cm³/mol. The summed E-state index contributed by atoms with van der Waals surface area (Å²) in [6.45, 7) is 2.42. The second kappa shape index (κ2) is 4.43. The van der Waals surface area contributed by atoms with E-state index in [1.54, 1.807) is 15.4 Å². The Bertz CT molecular complexity index is 868. The second-order valence-corrected chi connectivity index (χ2v) is 5.67. The van der Waals surface area contributed by atoms with Crippen molar-refractivity contribution < 1.29 is 0 Å². The minimum atomic E-state index is -0.0525. The molecular weight excluding hydrogens is 280 g/mol. The molecule has 3 aromatic rings. The normalized spacial score (nSPS) is 11.3. The van der Waals surface area contributed by atoms with Crippen LogP contribution in [0, 0.1) is 11.7 Å². The number of nitrogens with zero attached hydrogens (tertiary/aromatic N) is 3. The van der Waals surface area contributed by atoms with Gasteiger partial charge < -0.3 is 4.98 Å². The summed E-state index contributed by atoms with van der Waals surface area (Å²) >= 11 is 6.75. The molecular formula is C12H12N4OS2. The maximum Gasteiger partial charge on any atom is 0.263 e. The number of H-pyrrole nitrogens is 1. The molecule has 5 nitrogen and oxygen atoms in total. The van der Waals surface area contributed by atoms with Crippen LogP contribution in [-0.4, -0.2) is 19.3 Å². The number of aromatic nitrogens is 4. The van der Waals surface area contributed by atoms with E-state index in [0.29, 0.717) is 16.7 Å². The van der Waals surface area contributed by atoms with Crippen molar-refractivity contribution in [3.05, 3.63) is 44.0 Å². The fraction of sp³-hybridized carbons (Fsp3) is 0.250. The Kier molecular flexibility index (Phi) is 2.87. The maximum absolute atomic E-state index is 12.4. The Morgan fingerprint density at radius 1 is 1.53 bits per heavy atom. The zero-order chi connectivity index (χ0) is 13.6. The first-order valence-corrected chi connectivity index (χ1v) is 7.04. The second-order valence-electron chi connectivity index (χ2n) is 4.36. The van der Waals surface area contributed by atoms with Crippen molar-refractivity contribution >= 4 is 33.8 Å². The van der Waals surface area contributed by atoms with E-state index < -0.39 is 0 Å². The molecule has 0 aliphatic rings. The molecule has 3 aromatic heterocycles. The zero-order valence-corrected chi connectivity index (χ0v) is 12.1. The molecule has 0 amide bonds. The smallest absolute Gasteiger partial charge is 0.263 e. The lowest BCUT2D eigenvalue weighted by Gasteiger charge is -2.06. The van der Waals surface area contributed by atoms with Gasteiger partial charge in [-0.15, -0.1) is 11.3 Å². The Morgan fingerprint density at radius 2 is 2.32 bits per heavy atom. The van der Waals surface area contributed by atoms with Gasteiger partial charge in [0.15, 0.2) is 4.77 Å². The summed E-state index contributed by atoms with van der Waals surface area (Å²) in [5.74, 6) is 0. The molecule has 0 aliphatic carbocycles. The number of rotatable bonds is 2. The lowest BCUT2D eigenvalue weighted by molar-refractivity contribution is 0.715. The standard InChI is InChI=1S/C12H12N4OS2/c1-7-8(5-13-15(7)2)6-16-11(17)9-3-4-19-10(9)14-12(16)18/h3-5H,6H2,1-2H3,(H,14,18). The fourth-order valence-electron chi connectivity index (χ4n) is 1.99. The largest absolute Gasteiger partial charge is 0.323 e. The van der Waals surface area contributed by atoms with Crippen LogP contribution in [-0.2, 0) is 13.6 Å². The molecule has 0 saturated heterocycles. The number of thiophene rings is 1. The minimum Gasteiger partial charge on any atom is -0.323 e. The highest BCUT2D eigenvalue weighted by Crippen LogP contribution is 2.15. The van der Waals surface area contributed by atoms with Crippen LogP contribution >= 0.6 is 23.6 Å². The summed E-state index contributed by atoms with van der Waals surface area (Å²) < 4.78 is 3.81. The molecule has 0 atom stereocenters. The molecule has 0 aliphatic heterocycles. The fourth-order valence-corrected chi connectivity index (χ4v) is 3.08.